The Hall–Kier alpha value is -1.14. The third-order valence-electron chi connectivity index (χ3n) is 4.48. The highest BCUT2D eigenvalue weighted by molar-refractivity contribution is 5.33. The number of hydrogen-bond acceptors (Lipinski definition) is 5. The van der Waals surface area contributed by atoms with Gasteiger partial charge < -0.3 is 24.3 Å². The molecular formula is C18H27NO4. The minimum Gasteiger partial charge on any atom is -0.491 e. The van der Waals surface area contributed by atoms with Crippen molar-refractivity contribution in [3.63, 3.8) is 0 Å². The summed E-state index contributed by atoms with van der Waals surface area (Å²) in [6.45, 7) is 3.41. The van der Waals surface area contributed by atoms with Crippen molar-refractivity contribution in [2.24, 2.45) is 0 Å². The molecule has 0 radical (unpaired) electrons. The highest BCUT2D eigenvalue weighted by atomic mass is 16.7. The molecule has 1 aromatic carbocycles. The highest BCUT2D eigenvalue weighted by Crippen LogP contribution is 2.39. The van der Waals surface area contributed by atoms with E-state index >= 15 is 0 Å². The summed E-state index contributed by atoms with van der Waals surface area (Å²) in [4.78, 5) is 0. The van der Waals surface area contributed by atoms with Crippen LogP contribution in [-0.4, -0.2) is 45.4 Å². The van der Waals surface area contributed by atoms with Gasteiger partial charge in [0.15, 0.2) is 5.79 Å². The summed E-state index contributed by atoms with van der Waals surface area (Å²) in [6.07, 6.45) is 4.66. The van der Waals surface area contributed by atoms with E-state index in [2.05, 4.69) is 11.4 Å². The van der Waals surface area contributed by atoms with E-state index in [-0.39, 0.29) is 11.9 Å². The van der Waals surface area contributed by atoms with Gasteiger partial charge in [-0.1, -0.05) is 18.2 Å². The van der Waals surface area contributed by atoms with Gasteiger partial charge in [0.05, 0.1) is 19.3 Å². The van der Waals surface area contributed by atoms with E-state index in [1.165, 1.54) is 12.8 Å². The Morgan fingerprint density at radius 1 is 1.22 bits per heavy atom. The van der Waals surface area contributed by atoms with E-state index < -0.39 is 0 Å². The normalized spacial score (nSPS) is 22.7. The maximum Gasteiger partial charge on any atom is 0.168 e. The fourth-order valence-electron chi connectivity index (χ4n) is 3.29. The molecule has 0 amide bonds. The van der Waals surface area contributed by atoms with E-state index in [4.69, 9.17) is 18.9 Å². The molecule has 1 spiro atoms. The zero-order chi connectivity index (χ0) is 16.0. The smallest absolute Gasteiger partial charge is 0.168 e. The van der Waals surface area contributed by atoms with Crippen LogP contribution in [-0.2, 0) is 20.8 Å². The van der Waals surface area contributed by atoms with Crippen LogP contribution in [0.5, 0.6) is 5.75 Å². The zero-order valence-corrected chi connectivity index (χ0v) is 13.9. The van der Waals surface area contributed by atoms with Crippen molar-refractivity contribution in [3.05, 3.63) is 29.8 Å². The summed E-state index contributed by atoms with van der Waals surface area (Å²) in [5, 5.41) is 3.46. The van der Waals surface area contributed by atoms with Crippen molar-refractivity contribution in [1.29, 1.82) is 0 Å². The molecule has 128 valence electrons. The topological polar surface area (TPSA) is 49.0 Å². The maximum atomic E-state index is 6.13. The number of rotatable bonds is 8. The van der Waals surface area contributed by atoms with Gasteiger partial charge in [0.1, 0.15) is 12.4 Å². The lowest BCUT2D eigenvalue weighted by Crippen LogP contribution is -2.31. The first-order chi connectivity index (χ1) is 11.3. The Bertz CT molecular complexity index is 488. The molecule has 1 heterocycles. The second-order valence-electron chi connectivity index (χ2n) is 6.25. The largest absolute Gasteiger partial charge is 0.491 e. The molecule has 1 aliphatic heterocycles. The minimum absolute atomic E-state index is 0.148. The lowest BCUT2D eigenvalue weighted by molar-refractivity contribution is -0.161. The van der Waals surface area contributed by atoms with Crippen molar-refractivity contribution in [2.45, 2.75) is 44.1 Å². The van der Waals surface area contributed by atoms with E-state index in [0.29, 0.717) is 19.8 Å². The lowest BCUT2D eigenvalue weighted by Gasteiger charge is -2.22. The van der Waals surface area contributed by atoms with E-state index in [1.807, 2.05) is 18.2 Å². The summed E-state index contributed by atoms with van der Waals surface area (Å²) < 4.78 is 22.8. The average Bonchev–Trinajstić information content (AvgIpc) is 3.19. The van der Waals surface area contributed by atoms with Crippen molar-refractivity contribution < 1.29 is 18.9 Å². The standard InChI is InChI=1S/C18H27NO4/c1-20-10-11-21-17-7-3-2-6-15(17)12-19-13-16-14-22-18(23-16)8-4-5-9-18/h2-3,6-7,16,19H,4-5,8-14H2,1H3/t16-/m0/s1. The number of nitrogens with one attached hydrogen (secondary N) is 1. The van der Waals surface area contributed by atoms with E-state index in [1.54, 1.807) is 7.11 Å². The van der Waals surface area contributed by atoms with Crippen LogP contribution in [0.15, 0.2) is 24.3 Å². The predicted molar refractivity (Wildman–Crippen MR) is 87.5 cm³/mol. The lowest BCUT2D eigenvalue weighted by atomic mass is 10.2. The second kappa shape index (κ2) is 8.11. The fraction of sp³-hybridized carbons (Fsp3) is 0.667. The van der Waals surface area contributed by atoms with Gasteiger partial charge in [0.2, 0.25) is 0 Å². The van der Waals surface area contributed by atoms with Crippen molar-refractivity contribution in [2.75, 3.05) is 33.5 Å². The summed E-state index contributed by atoms with van der Waals surface area (Å²) in [6, 6.07) is 8.10. The van der Waals surface area contributed by atoms with Gasteiger partial charge in [0.25, 0.3) is 0 Å². The maximum absolute atomic E-state index is 6.13. The number of ether oxygens (including phenoxy) is 4. The first-order valence-electron chi connectivity index (χ1n) is 8.53. The third kappa shape index (κ3) is 4.44. The van der Waals surface area contributed by atoms with Gasteiger partial charge in [-0.15, -0.1) is 0 Å². The third-order valence-corrected chi connectivity index (χ3v) is 4.48. The van der Waals surface area contributed by atoms with Crippen LogP contribution in [0, 0.1) is 0 Å². The molecular weight excluding hydrogens is 294 g/mol. The highest BCUT2D eigenvalue weighted by Gasteiger charge is 2.43. The molecule has 2 aliphatic rings. The molecule has 1 aromatic rings. The molecule has 0 unspecified atom stereocenters. The van der Waals surface area contributed by atoms with Gasteiger partial charge in [-0.25, -0.2) is 0 Å². The van der Waals surface area contributed by atoms with Crippen LogP contribution in [0.2, 0.25) is 0 Å². The molecule has 1 atom stereocenters. The van der Waals surface area contributed by atoms with Crippen LogP contribution in [0.3, 0.4) is 0 Å². The molecule has 0 bridgehead atoms. The Morgan fingerprint density at radius 3 is 2.87 bits per heavy atom. The van der Waals surface area contributed by atoms with Crippen molar-refractivity contribution in [1.82, 2.24) is 5.32 Å². The summed E-state index contributed by atoms with van der Waals surface area (Å²) in [5.74, 6) is 0.640. The monoisotopic (exact) mass is 321 g/mol. The fourth-order valence-corrected chi connectivity index (χ4v) is 3.29. The van der Waals surface area contributed by atoms with Gasteiger partial charge in [-0.2, -0.15) is 0 Å². The number of para-hydroxylation sites is 1. The van der Waals surface area contributed by atoms with Crippen molar-refractivity contribution in [3.8, 4) is 5.75 Å². The van der Waals surface area contributed by atoms with E-state index in [0.717, 1.165) is 37.2 Å². The van der Waals surface area contributed by atoms with Crippen LogP contribution in [0.4, 0.5) is 0 Å². The zero-order valence-electron chi connectivity index (χ0n) is 13.9. The summed E-state index contributed by atoms with van der Waals surface area (Å²) in [5.41, 5.74) is 1.15. The second-order valence-corrected chi connectivity index (χ2v) is 6.25. The number of methoxy groups -OCH3 is 1. The van der Waals surface area contributed by atoms with Gasteiger partial charge in [-0.05, 0) is 18.9 Å². The predicted octanol–water partition coefficient (Wildman–Crippen LogP) is 2.49. The van der Waals surface area contributed by atoms with Crippen LogP contribution >= 0.6 is 0 Å². The van der Waals surface area contributed by atoms with E-state index in [9.17, 15) is 0 Å². The van der Waals surface area contributed by atoms with Crippen molar-refractivity contribution >= 4 is 0 Å². The molecule has 1 saturated heterocycles. The molecule has 1 saturated carbocycles. The Kier molecular flexibility index (Phi) is 5.89. The Morgan fingerprint density at radius 2 is 2.04 bits per heavy atom. The van der Waals surface area contributed by atoms with Gasteiger partial charge >= 0.3 is 0 Å². The summed E-state index contributed by atoms with van der Waals surface area (Å²) in [7, 11) is 1.68. The quantitative estimate of drug-likeness (QED) is 0.746. The van der Waals surface area contributed by atoms with Gasteiger partial charge in [-0.3, -0.25) is 0 Å². The first-order valence-corrected chi connectivity index (χ1v) is 8.53. The molecule has 1 aliphatic carbocycles. The van der Waals surface area contributed by atoms with Gasteiger partial charge in [0, 0.05) is 38.6 Å². The molecule has 1 N–H and O–H groups in total. The Labute approximate surface area is 138 Å². The van der Waals surface area contributed by atoms with Crippen LogP contribution in [0.1, 0.15) is 31.2 Å². The Balaban J connectivity index is 1.44. The molecule has 5 heteroatoms. The molecule has 5 nitrogen and oxygen atoms in total. The SMILES string of the molecule is COCCOc1ccccc1CNC[C@H]1COC2(CCCC2)O1. The average molecular weight is 321 g/mol. The molecule has 3 rings (SSSR count). The number of benzene rings is 1. The van der Waals surface area contributed by atoms with Crippen LogP contribution < -0.4 is 10.1 Å². The molecule has 0 aromatic heterocycles. The molecule has 23 heavy (non-hydrogen) atoms. The first kappa shape index (κ1) is 16.7. The number of hydrogen-bond donors (Lipinski definition) is 1. The minimum atomic E-state index is -0.270. The van der Waals surface area contributed by atoms with Crippen LogP contribution in [0.25, 0.3) is 0 Å². The molecule has 2 fully saturated rings. The summed E-state index contributed by atoms with van der Waals surface area (Å²) >= 11 is 0.